The van der Waals surface area contributed by atoms with Crippen molar-refractivity contribution in [1.29, 1.82) is 0 Å². The van der Waals surface area contributed by atoms with Crippen LogP contribution in [0.4, 0.5) is 0 Å². The van der Waals surface area contributed by atoms with Crippen molar-refractivity contribution in [2.45, 2.75) is 24.6 Å². The second-order valence-electron chi connectivity index (χ2n) is 5.60. The fraction of sp³-hybridized carbons (Fsp3) is 0.692. The molecule has 0 unspecified atom stereocenters. The van der Waals surface area contributed by atoms with Crippen LogP contribution in [-0.2, 0) is 11.8 Å². The fourth-order valence-corrected chi connectivity index (χ4v) is 3.28. The lowest BCUT2D eigenvalue weighted by molar-refractivity contribution is -0.0665. The average molecular weight is 264 g/mol. The van der Waals surface area contributed by atoms with Crippen LogP contribution >= 0.6 is 0 Å². The third-order valence-electron chi connectivity index (χ3n) is 4.27. The highest BCUT2D eigenvalue weighted by atomic mass is 16.5. The summed E-state index contributed by atoms with van der Waals surface area (Å²) in [7, 11) is 5.89. The molecule has 2 aliphatic rings. The summed E-state index contributed by atoms with van der Waals surface area (Å²) in [5.74, 6) is 0.797. The largest absolute Gasteiger partial charge is 0.376 e. The van der Waals surface area contributed by atoms with Gasteiger partial charge in [-0.15, -0.1) is 0 Å². The highest BCUT2D eigenvalue weighted by Crippen LogP contribution is 2.41. The van der Waals surface area contributed by atoms with E-state index in [2.05, 4.69) is 15.2 Å². The van der Waals surface area contributed by atoms with Crippen molar-refractivity contribution in [3.05, 3.63) is 18.2 Å². The van der Waals surface area contributed by atoms with Crippen LogP contribution in [-0.4, -0.2) is 59.2 Å². The smallest absolute Gasteiger partial charge is 0.287 e. The van der Waals surface area contributed by atoms with Crippen molar-refractivity contribution in [2.24, 2.45) is 13.0 Å². The first-order valence-corrected chi connectivity index (χ1v) is 6.66. The fourth-order valence-electron chi connectivity index (χ4n) is 3.28. The van der Waals surface area contributed by atoms with E-state index in [1.807, 2.05) is 21.1 Å². The minimum absolute atomic E-state index is 0.102. The molecule has 1 saturated carbocycles. The number of fused-ring (bicyclic) bond motifs is 1. The molecule has 0 spiro atoms. The van der Waals surface area contributed by atoms with Gasteiger partial charge >= 0.3 is 0 Å². The van der Waals surface area contributed by atoms with Gasteiger partial charge in [0.05, 0.1) is 18.2 Å². The summed E-state index contributed by atoms with van der Waals surface area (Å²) in [5, 5.41) is 3.12. The topological polar surface area (TPSA) is 59.4 Å². The molecule has 1 aliphatic carbocycles. The molecule has 0 radical (unpaired) electrons. The molecule has 6 nitrogen and oxygen atoms in total. The van der Waals surface area contributed by atoms with Gasteiger partial charge in [-0.3, -0.25) is 4.79 Å². The molecule has 0 bridgehead atoms. The lowest BCUT2D eigenvalue weighted by atomic mass is 9.71. The standard InChI is InChI=1S/C13H20N4O2/c1-16(2)10-9(8-4-7-19-11(8)10)15-13(18)12-14-5-6-17(12)3/h5-6,8-11H,4,7H2,1-3H3,(H,15,18)/t8-,9+,10-,11-/m1/s1. The summed E-state index contributed by atoms with van der Waals surface area (Å²) in [6.45, 7) is 0.800. The zero-order valence-electron chi connectivity index (χ0n) is 11.5. The van der Waals surface area contributed by atoms with Crippen molar-refractivity contribution in [3.8, 4) is 0 Å². The van der Waals surface area contributed by atoms with Gasteiger partial charge in [0, 0.05) is 32.0 Å². The zero-order valence-corrected chi connectivity index (χ0v) is 11.5. The molecule has 1 N–H and O–H groups in total. The normalized spacial score (nSPS) is 33.1. The van der Waals surface area contributed by atoms with Gasteiger partial charge in [-0.25, -0.2) is 4.98 Å². The van der Waals surface area contributed by atoms with Crippen LogP contribution in [0.1, 0.15) is 17.0 Å². The third-order valence-corrected chi connectivity index (χ3v) is 4.27. The summed E-state index contributed by atoms with van der Waals surface area (Å²) in [6, 6.07) is 0.420. The van der Waals surface area contributed by atoms with Crippen LogP contribution < -0.4 is 5.32 Å². The van der Waals surface area contributed by atoms with E-state index in [1.165, 1.54) is 0 Å². The summed E-state index contributed by atoms with van der Waals surface area (Å²) >= 11 is 0. The minimum atomic E-state index is -0.102. The van der Waals surface area contributed by atoms with Gasteiger partial charge in [0.25, 0.3) is 5.91 Å². The molecule has 2 heterocycles. The maximum absolute atomic E-state index is 12.2. The number of carbonyl (C=O) groups is 1. The third kappa shape index (κ3) is 1.95. The van der Waals surface area contributed by atoms with Gasteiger partial charge in [-0.1, -0.05) is 0 Å². The van der Waals surface area contributed by atoms with Gasteiger partial charge in [-0.2, -0.15) is 0 Å². The monoisotopic (exact) mass is 264 g/mol. The minimum Gasteiger partial charge on any atom is -0.376 e. The van der Waals surface area contributed by atoms with Crippen LogP contribution in [0.25, 0.3) is 0 Å². The summed E-state index contributed by atoms with van der Waals surface area (Å²) < 4.78 is 7.48. The van der Waals surface area contributed by atoms with E-state index in [4.69, 9.17) is 4.74 Å². The second-order valence-corrected chi connectivity index (χ2v) is 5.60. The predicted octanol–water partition coefficient (Wildman–Crippen LogP) is -0.133. The number of nitrogens with one attached hydrogen (secondary N) is 1. The lowest BCUT2D eigenvalue weighted by Crippen LogP contribution is -2.69. The Balaban J connectivity index is 1.72. The van der Waals surface area contributed by atoms with E-state index in [1.54, 1.807) is 17.0 Å². The number of rotatable bonds is 3. The molecular formula is C13H20N4O2. The molecule has 19 heavy (non-hydrogen) atoms. The maximum atomic E-state index is 12.2. The van der Waals surface area contributed by atoms with Crippen LogP contribution in [0.5, 0.6) is 0 Å². The molecule has 1 aromatic rings. The van der Waals surface area contributed by atoms with Gasteiger partial charge in [0.1, 0.15) is 0 Å². The van der Waals surface area contributed by atoms with Crippen LogP contribution in [0.2, 0.25) is 0 Å². The molecule has 1 aromatic heterocycles. The van der Waals surface area contributed by atoms with Gasteiger partial charge in [0.15, 0.2) is 5.82 Å². The van der Waals surface area contributed by atoms with Crippen LogP contribution in [0.3, 0.4) is 0 Å². The number of likely N-dealkylation sites (N-methyl/N-ethyl adjacent to an activating group) is 1. The first kappa shape index (κ1) is 12.6. The molecular weight excluding hydrogens is 244 g/mol. The molecule has 6 heteroatoms. The quantitative estimate of drug-likeness (QED) is 0.826. The Hall–Kier alpha value is -1.40. The Labute approximate surface area is 112 Å². The lowest BCUT2D eigenvalue weighted by Gasteiger charge is -2.50. The number of amides is 1. The number of ether oxygens (including phenoxy) is 1. The van der Waals surface area contributed by atoms with Crippen molar-refractivity contribution in [2.75, 3.05) is 20.7 Å². The van der Waals surface area contributed by atoms with Gasteiger partial charge < -0.3 is 19.5 Å². The first-order chi connectivity index (χ1) is 9.09. The van der Waals surface area contributed by atoms with Crippen molar-refractivity contribution >= 4 is 5.91 Å². The highest BCUT2D eigenvalue weighted by Gasteiger charge is 2.55. The number of aromatic nitrogens is 2. The number of carbonyl (C=O) groups excluding carboxylic acids is 1. The van der Waals surface area contributed by atoms with Crippen LogP contribution in [0.15, 0.2) is 12.4 Å². The zero-order chi connectivity index (χ0) is 13.6. The Kier molecular flexibility index (Phi) is 3.06. The summed E-state index contributed by atoms with van der Waals surface area (Å²) in [5.41, 5.74) is 0. The molecule has 2 fully saturated rings. The number of nitrogens with zero attached hydrogens (tertiary/aromatic N) is 3. The summed E-state index contributed by atoms with van der Waals surface area (Å²) in [6.07, 6.45) is 4.71. The second kappa shape index (κ2) is 4.61. The highest BCUT2D eigenvalue weighted by molar-refractivity contribution is 5.91. The number of hydrogen-bond donors (Lipinski definition) is 1. The van der Waals surface area contributed by atoms with E-state index in [9.17, 15) is 4.79 Å². The molecule has 104 valence electrons. The van der Waals surface area contributed by atoms with E-state index >= 15 is 0 Å². The van der Waals surface area contributed by atoms with Gasteiger partial charge in [-0.05, 0) is 20.5 Å². The first-order valence-electron chi connectivity index (χ1n) is 6.66. The molecule has 1 amide bonds. The van der Waals surface area contributed by atoms with Crippen LogP contribution in [0, 0.1) is 5.92 Å². The van der Waals surface area contributed by atoms with Crippen molar-refractivity contribution in [3.63, 3.8) is 0 Å². The molecule has 1 saturated heterocycles. The number of hydrogen-bond acceptors (Lipinski definition) is 4. The van der Waals surface area contributed by atoms with E-state index in [-0.39, 0.29) is 24.1 Å². The number of aryl methyl sites for hydroxylation is 1. The van der Waals surface area contributed by atoms with E-state index < -0.39 is 0 Å². The molecule has 0 aromatic carbocycles. The summed E-state index contributed by atoms with van der Waals surface area (Å²) in [4.78, 5) is 18.5. The molecule has 1 aliphatic heterocycles. The van der Waals surface area contributed by atoms with Crippen molar-refractivity contribution in [1.82, 2.24) is 19.8 Å². The predicted molar refractivity (Wildman–Crippen MR) is 69.8 cm³/mol. The maximum Gasteiger partial charge on any atom is 0.287 e. The average Bonchev–Trinajstić information content (AvgIpc) is 2.92. The van der Waals surface area contributed by atoms with Crippen molar-refractivity contribution < 1.29 is 9.53 Å². The number of imidazole rings is 1. The molecule has 4 atom stereocenters. The van der Waals surface area contributed by atoms with E-state index in [0.717, 1.165) is 13.0 Å². The SMILES string of the molecule is CN(C)[C@@H]1[C@@H](NC(=O)c2nccn2C)[C@H]2CCO[C@H]21. The Morgan fingerprint density at radius 1 is 1.58 bits per heavy atom. The molecule has 3 rings (SSSR count). The Bertz CT molecular complexity index is 485. The Morgan fingerprint density at radius 2 is 2.37 bits per heavy atom. The van der Waals surface area contributed by atoms with E-state index in [0.29, 0.717) is 11.7 Å². The Morgan fingerprint density at radius 3 is 3.00 bits per heavy atom. The van der Waals surface area contributed by atoms with Gasteiger partial charge in [0.2, 0.25) is 0 Å².